The second-order valence-corrected chi connectivity index (χ2v) is 4.93. The molecule has 0 aliphatic heterocycles. The Labute approximate surface area is 116 Å². The molecule has 2 nitrogen and oxygen atoms in total. The Balaban J connectivity index is 2.47. The Kier molecular flexibility index (Phi) is 7.33. The molecule has 1 atom stereocenters. The molecule has 3 heteroatoms. The first-order chi connectivity index (χ1) is 8.71. The van der Waals surface area contributed by atoms with Crippen LogP contribution in [-0.4, -0.2) is 31.1 Å². The Morgan fingerprint density at radius 2 is 1.94 bits per heavy atom. The van der Waals surface area contributed by atoms with Crippen LogP contribution in [0.1, 0.15) is 38.8 Å². The van der Waals surface area contributed by atoms with E-state index in [1.54, 1.807) is 0 Å². The molecule has 0 fully saturated rings. The lowest BCUT2D eigenvalue weighted by atomic mass is 10.0. The second kappa shape index (κ2) is 8.52. The average Bonchev–Trinajstić information content (AvgIpc) is 2.39. The number of rotatable bonds is 8. The molecule has 102 valence electrons. The maximum atomic E-state index is 6.04. The van der Waals surface area contributed by atoms with E-state index in [9.17, 15) is 0 Å². The quantitative estimate of drug-likeness (QED) is 0.773. The SMILES string of the molecule is CCC(NCCN(CC)CC)c1cccc(Cl)c1. The second-order valence-electron chi connectivity index (χ2n) is 4.50. The third-order valence-electron chi connectivity index (χ3n) is 3.37. The van der Waals surface area contributed by atoms with Crippen LogP contribution in [0, 0.1) is 0 Å². The third kappa shape index (κ3) is 4.97. The fourth-order valence-corrected chi connectivity index (χ4v) is 2.36. The maximum absolute atomic E-state index is 6.04. The minimum atomic E-state index is 0.402. The number of nitrogens with zero attached hydrogens (tertiary/aromatic N) is 1. The number of hydrogen-bond acceptors (Lipinski definition) is 2. The van der Waals surface area contributed by atoms with Gasteiger partial charge in [-0.3, -0.25) is 0 Å². The van der Waals surface area contributed by atoms with Crippen molar-refractivity contribution in [2.45, 2.75) is 33.2 Å². The van der Waals surface area contributed by atoms with Crippen LogP contribution in [0.4, 0.5) is 0 Å². The Morgan fingerprint density at radius 1 is 1.22 bits per heavy atom. The lowest BCUT2D eigenvalue weighted by molar-refractivity contribution is 0.295. The van der Waals surface area contributed by atoms with E-state index in [2.05, 4.69) is 43.1 Å². The molecule has 1 unspecified atom stereocenters. The Hall–Kier alpha value is -0.570. The minimum Gasteiger partial charge on any atom is -0.309 e. The summed E-state index contributed by atoms with van der Waals surface area (Å²) in [4.78, 5) is 2.43. The van der Waals surface area contributed by atoms with E-state index in [1.165, 1.54) is 5.56 Å². The van der Waals surface area contributed by atoms with Crippen LogP contribution >= 0.6 is 11.6 Å². The summed E-state index contributed by atoms with van der Waals surface area (Å²) in [5.41, 5.74) is 1.28. The first-order valence-corrected chi connectivity index (χ1v) is 7.30. The molecule has 0 aromatic heterocycles. The zero-order chi connectivity index (χ0) is 13.4. The summed E-state index contributed by atoms with van der Waals surface area (Å²) >= 11 is 6.04. The van der Waals surface area contributed by atoms with Crippen molar-refractivity contribution < 1.29 is 0 Å². The molecule has 0 aliphatic carbocycles. The van der Waals surface area contributed by atoms with Crippen molar-refractivity contribution in [3.8, 4) is 0 Å². The summed E-state index contributed by atoms with van der Waals surface area (Å²) < 4.78 is 0. The molecule has 0 radical (unpaired) electrons. The average molecular weight is 269 g/mol. The minimum absolute atomic E-state index is 0.402. The van der Waals surface area contributed by atoms with Crippen LogP contribution in [0.15, 0.2) is 24.3 Å². The molecule has 1 rings (SSSR count). The molecular formula is C15H25ClN2. The molecule has 0 saturated carbocycles. The molecule has 18 heavy (non-hydrogen) atoms. The number of nitrogens with one attached hydrogen (secondary N) is 1. The van der Waals surface area contributed by atoms with Crippen LogP contribution in [0.2, 0.25) is 5.02 Å². The highest BCUT2D eigenvalue weighted by Gasteiger charge is 2.09. The summed E-state index contributed by atoms with van der Waals surface area (Å²) in [7, 11) is 0. The standard InChI is InChI=1S/C15H25ClN2/c1-4-15(13-8-7-9-14(16)12-13)17-10-11-18(5-2)6-3/h7-9,12,15,17H,4-6,10-11H2,1-3H3. The number of benzene rings is 1. The van der Waals surface area contributed by atoms with Crippen molar-refractivity contribution in [1.29, 1.82) is 0 Å². The van der Waals surface area contributed by atoms with Gasteiger partial charge in [0.2, 0.25) is 0 Å². The van der Waals surface area contributed by atoms with Gasteiger partial charge in [-0.25, -0.2) is 0 Å². The molecule has 0 spiro atoms. The van der Waals surface area contributed by atoms with Gasteiger partial charge >= 0.3 is 0 Å². The highest BCUT2D eigenvalue weighted by molar-refractivity contribution is 6.30. The van der Waals surface area contributed by atoms with Gasteiger partial charge < -0.3 is 10.2 Å². The van der Waals surface area contributed by atoms with E-state index >= 15 is 0 Å². The van der Waals surface area contributed by atoms with Gasteiger partial charge in [0.25, 0.3) is 0 Å². The topological polar surface area (TPSA) is 15.3 Å². The summed E-state index contributed by atoms with van der Waals surface area (Å²) in [6, 6.07) is 8.55. The molecule has 0 aliphatic rings. The molecule has 0 saturated heterocycles. The largest absolute Gasteiger partial charge is 0.309 e. The molecule has 0 heterocycles. The van der Waals surface area contributed by atoms with Gasteiger partial charge in [-0.05, 0) is 37.2 Å². The van der Waals surface area contributed by atoms with Crippen molar-refractivity contribution in [3.05, 3.63) is 34.9 Å². The first-order valence-electron chi connectivity index (χ1n) is 6.92. The van der Waals surface area contributed by atoms with E-state index in [0.717, 1.165) is 37.6 Å². The summed E-state index contributed by atoms with van der Waals surface area (Å²) in [6.45, 7) is 11.0. The summed E-state index contributed by atoms with van der Waals surface area (Å²) in [5.74, 6) is 0. The van der Waals surface area contributed by atoms with E-state index in [4.69, 9.17) is 11.6 Å². The van der Waals surface area contributed by atoms with Crippen LogP contribution in [0.5, 0.6) is 0 Å². The van der Waals surface area contributed by atoms with Crippen molar-refractivity contribution in [3.63, 3.8) is 0 Å². The Bertz CT molecular complexity index is 337. The van der Waals surface area contributed by atoms with Crippen LogP contribution < -0.4 is 5.32 Å². The number of hydrogen-bond donors (Lipinski definition) is 1. The number of halogens is 1. The van der Waals surface area contributed by atoms with Gasteiger partial charge in [-0.15, -0.1) is 0 Å². The predicted octanol–water partition coefficient (Wildman–Crippen LogP) is 3.72. The molecular weight excluding hydrogens is 244 g/mol. The van der Waals surface area contributed by atoms with Crippen molar-refractivity contribution in [2.24, 2.45) is 0 Å². The zero-order valence-electron chi connectivity index (χ0n) is 11.7. The molecule has 1 N–H and O–H groups in total. The van der Waals surface area contributed by atoms with Gasteiger partial charge in [0.15, 0.2) is 0 Å². The van der Waals surface area contributed by atoms with Crippen molar-refractivity contribution in [1.82, 2.24) is 10.2 Å². The molecule has 1 aromatic carbocycles. The van der Waals surface area contributed by atoms with E-state index < -0.39 is 0 Å². The smallest absolute Gasteiger partial charge is 0.0409 e. The molecule has 0 amide bonds. The predicted molar refractivity (Wildman–Crippen MR) is 80.3 cm³/mol. The lowest BCUT2D eigenvalue weighted by Gasteiger charge is -2.22. The van der Waals surface area contributed by atoms with Gasteiger partial charge in [0, 0.05) is 24.2 Å². The molecule has 0 bridgehead atoms. The fraction of sp³-hybridized carbons (Fsp3) is 0.600. The van der Waals surface area contributed by atoms with Crippen LogP contribution in [0.3, 0.4) is 0 Å². The summed E-state index contributed by atoms with van der Waals surface area (Å²) in [6.07, 6.45) is 1.08. The summed E-state index contributed by atoms with van der Waals surface area (Å²) in [5, 5.41) is 4.43. The normalized spacial score (nSPS) is 12.9. The first kappa shape index (κ1) is 15.5. The highest BCUT2D eigenvalue weighted by atomic mass is 35.5. The highest BCUT2D eigenvalue weighted by Crippen LogP contribution is 2.19. The van der Waals surface area contributed by atoms with Crippen molar-refractivity contribution >= 4 is 11.6 Å². The fourth-order valence-electron chi connectivity index (χ4n) is 2.16. The van der Waals surface area contributed by atoms with Gasteiger partial charge in [-0.2, -0.15) is 0 Å². The monoisotopic (exact) mass is 268 g/mol. The lowest BCUT2D eigenvalue weighted by Crippen LogP contribution is -2.33. The van der Waals surface area contributed by atoms with Gasteiger partial charge in [0.05, 0.1) is 0 Å². The van der Waals surface area contributed by atoms with E-state index in [-0.39, 0.29) is 0 Å². The maximum Gasteiger partial charge on any atom is 0.0409 e. The Morgan fingerprint density at radius 3 is 2.50 bits per heavy atom. The molecule has 1 aromatic rings. The van der Waals surface area contributed by atoms with E-state index in [0.29, 0.717) is 6.04 Å². The number of likely N-dealkylation sites (N-methyl/N-ethyl adjacent to an activating group) is 1. The van der Waals surface area contributed by atoms with Gasteiger partial charge in [0.1, 0.15) is 0 Å². The van der Waals surface area contributed by atoms with E-state index in [1.807, 2.05) is 12.1 Å². The third-order valence-corrected chi connectivity index (χ3v) is 3.61. The van der Waals surface area contributed by atoms with Crippen LogP contribution in [-0.2, 0) is 0 Å². The zero-order valence-corrected chi connectivity index (χ0v) is 12.5. The van der Waals surface area contributed by atoms with Crippen molar-refractivity contribution in [2.75, 3.05) is 26.2 Å². The van der Waals surface area contributed by atoms with Crippen LogP contribution in [0.25, 0.3) is 0 Å². The van der Waals surface area contributed by atoms with Gasteiger partial charge in [-0.1, -0.05) is 44.5 Å².